The van der Waals surface area contributed by atoms with Crippen molar-refractivity contribution in [2.45, 2.75) is 6.61 Å². The van der Waals surface area contributed by atoms with E-state index in [0.29, 0.717) is 42.3 Å². The third-order valence-corrected chi connectivity index (χ3v) is 4.95. The highest BCUT2D eigenvalue weighted by Gasteiger charge is 2.23. The van der Waals surface area contributed by atoms with E-state index in [1.807, 2.05) is 36.4 Å². The van der Waals surface area contributed by atoms with E-state index < -0.39 is 6.09 Å². The molecule has 0 atom stereocenters. The minimum absolute atomic E-state index is 0.168. The molecule has 0 unspecified atom stereocenters. The summed E-state index contributed by atoms with van der Waals surface area (Å²) in [4.78, 5) is 25.9. The Kier molecular flexibility index (Phi) is 6.28. The van der Waals surface area contributed by atoms with Gasteiger partial charge < -0.3 is 9.47 Å². The summed E-state index contributed by atoms with van der Waals surface area (Å²) in [7, 11) is 0. The van der Waals surface area contributed by atoms with Crippen LogP contribution in [0.15, 0.2) is 78.9 Å². The van der Waals surface area contributed by atoms with E-state index >= 15 is 0 Å². The lowest BCUT2D eigenvalue weighted by Gasteiger charge is -2.13. The predicted molar refractivity (Wildman–Crippen MR) is 120 cm³/mol. The number of rotatable bonds is 7. The molecular formula is C26H20N2O4. The van der Waals surface area contributed by atoms with Crippen LogP contribution in [-0.4, -0.2) is 25.0 Å². The van der Waals surface area contributed by atoms with Crippen molar-refractivity contribution in [2.75, 3.05) is 18.1 Å². The number of amides is 1. The van der Waals surface area contributed by atoms with Crippen LogP contribution < -0.4 is 9.64 Å². The van der Waals surface area contributed by atoms with Crippen LogP contribution in [0.4, 0.5) is 10.5 Å². The van der Waals surface area contributed by atoms with Crippen molar-refractivity contribution < 1.29 is 19.1 Å². The van der Waals surface area contributed by atoms with Gasteiger partial charge in [-0.05, 0) is 53.6 Å². The number of hydrogen-bond acceptors (Lipinski definition) is 5. The van der Waals surface area contributed by atoms with E-state index in [2.05, 4.69) is 6.07 Å². The quantitative estimate of drug-likeness (QED) is 0.394. The van der Waals surface area contributed by atoms with Crippen molar-refractivity contribution >= 4 is 23.6 Å². The van der Waals surface area contributed by atoms with Crippen molar-refractivity contribution in [3.8, 4) is 11.8 Å². The van der Waals surface area contributed by atoms with E-state index in [1.54, 1.807) is 42.5 Å². The van der Waals surface area contributed by atoms with Crippen LogP contribution in [0.1, 0.15) is 27.0 Å². The highest BCUT2D eigenvalue weighted by Crippen LogP contribution is 2.21. The second-order valence-corrected chi connectivity index (χ2v) is 7.19. The van der Waals surface area contributed by atoms with Crippen molar-refractivity contribution in [3.63, 3.8) is 0 Å². The molecule has 0 spiro atoms. The first-order chi connectivity index (χ1) is 15.6. The van der Waals surface area contributed by atoms with Gasteiger partial charge in [-0.3, -0.25) is 9.69 Å². The summed E-state index contributed by atoms with van der Waals surface area (Å²) in [5, 5.41) is 9.00. The lowest BCUT2D eigenvalue weighted by Crippen LogP contribution is -2.23. The van der Waals surface area contributed by atoms with Gasteiger partial charge >= 0.3 is 6.09 Å². The standard InChI is InChI=1S/C26H20N2O4/c27-17-20-5-1-6-21(14-20)18-32-24-9-2-4-19(15-24)10-11-25(29)22-7-3-8-23(16-22)28-12-13-31-26(28)30/h1-11,14-16H,12-13,18H2/b11-10+. The molecule has 6 heteroatoms. The molecule has 1 aliphatic heterocycles. The molecule has 0 saturated carbocycles. The maximum Gasteiger partial charge on any atom is 0.414 e. The van der Waals surface area contributed by atoms with Crippen LogP contribution in [0.5, 0.6) is 5.75 Å². The van der Waals surface area contributed by atoms with Crippen molar-refractivity contribution in [1.29, 1.82) is 5.26 Å². The minimum Gasteiger partial charge on any atom is -0.489 e. The van der Waals surface area contributed by atoms with Gasteiger partial charge in [0, 0.05) is 11.3 Å². The monoisotopic (exact) mass is 424 g/mol. The van der Waals surface area contributed by atoms with Crippen LogP contribution in [0.2, 0.25) is 0 Å². The Hall–Kier alpha value is -4.37. The molecule has 0 bridgehead atoms. The average Bonchev–Trinajstić information content (AvgIpc) is 3.27. The number of ether oxygens (including phenoxy) is 2. The van der Waals surface area contributed by atoms with Gasteiger partial charge in [0.25, 0.3) is 0 Å². The van der Waals surface area contributed by atoms with Crippen molar-refractivity contribution in [1.82, 2.24) is 0 Å². The molecule has 158 valence electrons. The lowest BCUT2D eigenvalue weighted by atomic mass is 10.1. The fourth-order valence-corrected chi connectivity index (χ4v) is 3.33. The molecule has 1 amide bonds. The van der Waals surface area contributed by atoms with Gasteiger partial charge in [-0.15, -0.1) is 0 Å². The zero-order valence-electron chi connectivity index (χ0n) is 17.2. The Bertz CT molecular complexity index is 1230. The molecule has 3 aromatic carbocycles. The zero-order valence-corrected chi connectivity index (χ0v) is 17.2. The van der Waals surface area contributed by atoms with Gasteiger partial charge in [0.2, 0.25) is 0 Å². The molecule has 32 heavy (non-hydrogen) atoms. The van der Waals surface area contributed by atoms with E-state index in [9.17, 15) is 9.59 Å². The fourth-order valence-electron chi connectivity index (χ4n) is 3.33. The van der Waals surface area contributed by atoms with Gasteiger partial charge in [0.05, 0.1) is 18.2 Å². The molecule has 4 rings (SSSR count). The summed E-state index contributed by atoms with van der Waals surface area (Å²) < 4.78 is 10.8. The Morgan fingerprint density at radius 1 is 1.09 bits per heavy atom. The van der Waals surface area contributed by atoms with Crippen LogP contribution in [-0.2, 0) is 11.3 Å². The highest BCUT2D eigenvalue weighted by molar-refractivity contribution is 6.07. The van der Waals surface area contributed by atoms with Gasteiger partial charge in [-0.1, -0.05) is 42.5 Å². The van der Waals surface area contributed by atoms with Gasteiger partial charge in [0.1, 0.15) is 19.0 Å². The van der Waals surface area contributed by atoms with Crippen LogP contribution >= 0.6 is 0 Å². The Morgan fingerprint density at radius 2 is 1.94 bits per heavy atom. The molecule has 0 N–H and O–H groups in total. The lowest BCUT2D eigenvalue weighted by molar-refractivity contribution is 0.104. The van der Waals surface area contributed by atoms with E-state index in [1.165, 1.54) is 11.0 Å². The molecule has 0 aromatic heterocycles. The van der Waals surface area contributed by atoms with E-state index in [0.717, 1.165) is 11.1 Å². The topological polar surface area (TPSA) is 79.6 Å². The molecular weight excluding hydrogens is 404 g/mol. The maximum atomic E-state index is 12.6. The van der Waals surface area contributed by atoms with Gasteiger partial charge in [-0.2, -0.15) is 5.26 Å². The predicted octanol–water partition coefficient (Wildman–Crippen LogP) is 4.99. The molecule has 0 radical (unpaired) electrons. The van der Waals surface area contributed by atoms with Crippen LogP contribution in [0, 0.1) is 11.3 Å². The van der Waals surface area contributed by atoms with Crippen LogP contribution in [0.25, 0.3) is 6.08 Å². The smallest absolute Gasteiger partial charge is 0.414 e. The normalized spacial score (nSPS) is 13.1. The number of allylic oxidation sites excluding steroid dienone is 1. The summed E-state index contributed by atoms with van der Waals surface area (Å²) in [5.74, 6) is 0.496. The first kappa shape index (κ1) is 20.9. The Balaban J connectivity index is 1.42. The number of anilines is 1. The number of carbonyl (C=O) groups excluding carboxylic acids is 2. The molecule has 1 saturated heterocycles. The van der Waals surface area contributed by atoms with Gasteiger partial charge in [-0.25, -0.2) is 4.79 Å². The first-order valence-electron chi connectivity index (χ1n) is 10.1. The van der Waals surface area contributed by atoms with E-state index in [-0.39, 0.29) is 5.78 Å². The first-order valence-corrected chi connectivity index (χ1v) is 10.1. The number of nitriles is 1. The van der Waals surface area contributed by atoms with E-state index in [4.69, 9.17) is 14.7 Å². The summed E-state index contributed by atoms with van der Waals surface area (Å²) in [5.41, 5.74) is 3.45. The number of benzene rings is 3. The number of hydrogen-bond donors (Lipinski definition) is 0. The van der Waals surface area contributed by atoms with Crippen LogP contribution in [0.3, 0.4) is 0 Å². The summed E-state index contributed by atoms with van der Waals surface area (Å²) in [6.45, 7) is 1.16. The third-order valence-electron chi connectivity index (χ3n) is 4.95. The largest absolute Gasteiger partial charge is 0.489 e. The summed E-state index contributed by atoms with van der Waals surface area (Å²) in [6.07, 6.45) is 2.82. The molecule has 6 nitrogen and oxygen atoms in total. The molecule has 1 aliphatic rings. The maximum absolute atomic E-state index is 12.6. The zero-order chi connectivity index (χ0) is 22.3. The fraction of sp³-hybridized carbons (Fsp3) is 0.115. The number of carbonyl (C=O) groups is 2. The molecule has 1 fully saturated rings. The highest BCUT2D eigenvalue weighted by atomic mass is 16.6. The summed E-state index contributed by atoms with van der Waals surface area (Å²) in [6, 6.07) is 23.7. The second kappa shape index (κ2) is 9.63. The number of ketones is 1. The van der Waals surface area contributed by atoms with Crippen molar-refractivity contribution in [2.24, 2.45) is 0 Å². The molecule has 0 aliphatic carbocycles. The van der Waals surface area contributed by atoms with Gasteiger partial charge in [0.15, 0.2) is 5.78 Å². The average molecular weight is 424 g/mol. The number of cyclic esters (lactones) is 1. The Labute approximate surface area is 185 Å². The molecule has 3 aromatic rings. The minimum atomic E-state index is -0.402. The second-order valence-electron chi connectivity index (χ2n) is 7.19. The Morgan fingerprint density at radius 3 is 2.75 bits per heavy atom. The molecule has 1 heterocycles. The van der Waals surface area contributed by atoms with Crippen molar-refractivity contribution in [3.05, 3.63) is 101 Å². The SMILES string of the molecule is N#Cc1cccc(COc2cccc(/C=C/C(=O)c3cccc(N4CCOC4=O)c3)c2)c1. The third kappa shape index (κ3) is 5.02. The number of nitrogens with zero attached hydrogens (tertiary/aromatic N) is 2. The summed E-state index contributed by atoms with van der Waals surface area (Å²) >= 11 is 0.